The molecule has 0 radical (unpaired) electrons. The normalized spacial score (nSPS) is 10.9. The van der Waals surface area contributed by atoms with Gasteiger partial charge >= 0.3 is 0 Å². The van der Waals surface area contributed by atoms with E-state index in [1.165, 1.54) is 0 Å². The van der Waals surface area contributed by atoms with Crippen molar-refractivity contribution in [1.82, 2.24) is 15.8 Å². The second-order valence-electron chi connectivity index (χ2n) is 6.71. The summed E-state index contributed by atoms with van der Waals surface area (Å²) < 4.78 is 5.62. The van der Waals surface area contributed by atoms with Crippen LogP contribution in [0.1, 0.15) is 27.2 Å². The maximum absolute atomic E-state index is 12.3. The lowest BCUT2D eigenvalue weighted by atomic mass is 10.0. The van der Waals surface area contributed by atoms with E-state index in [-0.39, 0.29) is 18.0 Å². The fraction of sp³-hybridized carbons (Fsp3) is 0.136. The summed E-state index contributed by atoms with van der Waals surface area (Å²) in [5.74, 6) is -0.808. The van der Waals surface area contributed by atoms with Crippen LogP contribution in [0, 0.1) is 13.8 Å². The van der Waals surface area contributed by atoms with Gasteiger partial charge in [0, 0.05) is 16.3 Å². The molecule has 2 aromatic heterocycles. The minimum atomic E-state index is -0.470. The van der Waals surface area contributed by atoms with Crippen LogP contribution in [0.5, 0.6) is 0 Å². The van der Waals surface area contributed by atoms with Gasteiger partial charge < -0.3 is 4.42 Å². The van der Waals surface area contributed by atoms with E-state index in [0.29, 0.717) is 0 Å². The van der Waals surface area contributed by atoms with Crippen molar-refractivity contribution in [2.75, 3.05) is 0 Å². The number of pyridine rings is 1. The number of hydrogen-bond acceptors (Lipinski definition) is 4. The van der Waals surface area contributed by atoms with E-state index in [9.17, 15) is 9.59 Å². The smallest absolute Gasteiger partial charge is 0.288 e. The number of nitrogens with zero attached hydrogens (tertiary/aromatic N) is 1. The largest absolute Gasteiger partial charge is 0.464 e. The summed E-state index contributed by atoms with van der Waals surface area (Å²) >= 11 is 0. The molecule has 4 rings (SSSR count). The Bertz CT molecular complexity index is 1210. The maximum Gasteiger partial charge on any atom is 0.288 e. The van der Waals surface area contributed by atoms with Gasteiger partial charge in [0.25, 0.3) is 5.91 Å². The molecule has 0 bridgehead atoms. The zero-order chi connectivity index (χ0) is 19.7. The minimum absolute atomic E-state index is 0.0981. The van der Waals surface area contributed by atoms with Crippen LogP contribution < -0.4 is 10.9 Å². The number of para-hydroxylation sites is 1. The Balaban J connectivity index is 1.42. The number of aromatic nitrogens is 1. The third kappa shape index (κ3) is 3.32. The second kappa shape index (κ2) is 7.15. The molecule has 4 aromatic rings. The molecule has 0 aliphatic heterocycles. The zero-order valence-corrected chi connectivity index (χ0v) is 15.6. The molecule has 2 N–H and O–H groups in total. The predicted octanol–water partition coefficient (Wildman–Crippen LogP) is 3.60. The molecule has 2 amide bonds. The summed E-state index contributed by atoms with van der Waals surface area (Å²) in [6.07, 6.45) is 1.68. The number of furan rings is 1. The van der Waals surface area contributed by atoms with E-state index in [0.717, 1.165) is 38.6 Å². The SMILES string of the molecule is Cc1ccc2c(CC(=O)NNC(=O)c3ccc4ccccc4n3)coc2c1C. The van der Waals surface area contributed by atoms with Crippen LogP contribution in [0.25, 0.3) is 21.9 Å². The molecule has 0 aliphatic rings. The molecular weight excluding hydrogens is 354 g/mol. The number of hydrazine groups is 1. The number of carbonyl (C=O) groups is 2. The number of rotatable bonds is 3. The fourth-order valence-electron chi connectivity index (χ4n) is 3.13. The van der Waals surface area contributed by atoms with Crippen LogP contribution in [0.3, 0.4) is 0 Å². The molecule has 28 heavy (non-hydrogen) atoms. The van der Waals surface area contributed by atoms with E-state index >= 15 is 0 Å². The number of nitrogens with one attached hydrogen (secondary N) is 2. The van der Waals surface area contributed by atoms with Crippen molar-refractivity contribution in [2.45, 2.75) is 20.3 Å². The number of hydrogen-bond donors (Lipinski definition) is 2. The number of amides is 2. The first-order valence-corrected chi connectivity index (χ1v) is 8.94. The highest BCUT2D eigenvalue weighted by Gasteiger charge is 2.14. The van der Waals surface area contributed by atoms with Gasteiger partial charge in [-0.3, -0.25) is 20.4 Å². The van der Waals surface area contributed by atoms with Crippen LogP contribution >= 0.6 is 0 Å². The van der Waals surface area contributed by atoms with Crippen molar-refractivity contribution >= 4 is 33.7 Å². The van der Waals surface area contributed by atoms with E-state index < -0.39 is 5.91 Å². The standard InChI is InChI=1S/C22H19N3O3/c1-13-7-9-17-16(12-28-21(17)14(13)2)11-20(26)24-25-22(27)19-10-8-15-5-3-4-6-18(15)23-19/h3-10,12H,11H2,1-2H3,(H,24,26)(H,25,27). The third-order valence-corrected chi connectivity index (χ3v) is 4.84. The summed E-state index contributed by atoms with van der Waals surface area (Å²) in [6, 6.07) is 14.9. The first kappa shape index (κ1) is 17.7. The van der Waals surface area contributed by atoms with Crippen molar-refractivity contribution in [1.29, 1.82) is 0 Å². The topological polar surface area (TPSA) is 84.2 Å². The quantitative estimate of drug-likeness (QED) is 0.538. The maximum atomic E-state index is 12.3. The Morgan fingerprint density at radius 3 is 2.68 bits per heavy atom. The summed E-state index contributed by atoms with van der Waals surface area (Å²) in [7, 11) is 0. The average molecular weight is 373 g/mol. The summed E-state index contributed by atoms with van der Waals surface area (Å²) in [6.45, 7) is 4.00. The molecule has 0 fully saturated rings. The fourth-order valence-corrected chi connectivity index (χ4v) is 3.13. The lowest BCUT2D eigenvalue weighted by Crippen LogP contribution is -2.42. The Morgan fingerprint density at radius 2 is 1.82 bits per heavy atom. The van der Waals surface area contributed by atoms with Gasteiger partial charge in [-0.25, -0.2) is 4.98 Å². The highest BCUT2D eigenvalue weighted by atomic mass is 16.3. The Labute approximate surface area is 161 Å². The van der Waals surface area contributed by atoms with Crippen molar-refractivity contribution in [3.63, 3.8) is 0 Å². The Morgan fingerprint density at radius 1 is 1.00 bits per heavy atom. The van der Waals surface area contributed by atoms with Crippen LogP contribution in [-0.4, -0.2) is 16.8 Å². The number of benzene rings is 2. The molecule has 6 nitrogen and oxygen atoms in total. The molecule has 2 heterocycles. The summed E-state index contributed by atoms with van der Waals surface area (Å²) in [5.41, 5.74) is 9.55. The molecule has 140 valence electrons. The monoisotopic (exact) mass is 373 g/mol. The minimum Gasteiger partial charge on any atom is -0.464 e. The number of aryl methyl sites for hydroxylation is 2. The molecule has 0 spiro atoms. The summed E-state index contributed by atoms with van der Waals surface area (Å²) in [4.78, 5) is 28.9. The van der Waals surface area contributed by atoms with Crippen molar-refractivity contribution in [3.05, 3.63) is 77.2 Å². The van der Waals surface area contributed by atoms with Gasteiger partial charge in [0.15, 0.2) is 0 Å². The molecule has 0 atom stereocenters. The highest BCUT2D eigenvalue weighted by Crippen LogP contribution is 2.26. The number of carbonyl (C=O) groups excluding carboxylic acids is 2. The lowest BCUT2D eigenvalue weighted by Gasteiger charge is -2.07. The van der Waals surface area contributed by atoms with Gasteiger partial charge in [-0.1, -0.05) is 36.4 Å². The first-order valence-electron chi connectivity index (χ1n) is 8.94. The second-order valence-corrected chi connectivity index (χ2v) is 6.71. The average Bonchev–Trinajstić information content (AvgIpc) is 3.11. The zero-order valence-electron chi connectivity index (χ0n) is 15.6. The van der Waals surface area contributed by atoms with Crippen molar-refractivity contribution in [3.8, 4) is 0 Å². The van der Waals surface area contributed by atoms with Crippen LogP contribution in [-0.2, 0) is 11.2 Å². The Hall–Kier alpha value is -3.67. The molecule has 6 heteroatoms. The van der Waals surface area contributed by atoms with Crippen LogP contribution in [0.4, 0.5) is 0 Å². The van der Waals surface area contributed by atoms with Gasteiger partial charge in [-0.2, -0.15) is 0 Å². The molecule has 0 saturated carbocycles. The lowest BCUT2D eigenvalue weighted by molar-refractivity contribution is -0.121. The molecule has 2 aromatic carbocycles. The van der Waals surface area contributed by atoms with Gasteiger partial charge in [0.05, 0.1) is 18.2 Å². The van der Waals surface area contributed by atoms with Gasteiger partial charge in [0.1, 0.15) is 11.3 Å². The Kier molecular flexibility index (Phi) is 4.53. The third-order valence-electron chi connectivity index (χ3n) is 4.84. The molecular formula is C22H19N3O3. The molecule has 0 saturated heterocycles. The van der Waals surface area contributed by atoms with Gasteiger partial charge in [-0.15, -0.1) is 0 Å². The first-order chi connectivity index (χ1) is 13.5. The van der Waals surface area contributed by atoms with Crippen molar-refractivity contribution in [2.24, 2.45) is 0 Å². The van der Waals surface area contributed by atoms with Crippen LogP contribution in [0.2, 0.25) is 0 Å². The summed E-state index contributed by atoms with van der Waals surface area (Å²) in [5, 5.41) is 1.85. The van der Waals surface area contributed by atoms with E-state index in [2.05, 4.69) is 15.8 Å². The van der Waals surface area contributed by atoms with Gasteiger partial charge in [0.2, 0.25) is 5.91 Å². The van der Waals surface area contributed by atoms with Crippen LogP contribution in [0.15, 0.2) is 59.2 Å². The molecule has 0 unspecified atom stereocenters. The van der Waals surface area contributed by atoms with E-state index in [1.807, 2.05) is 56.3 Å². The van der Waals surface area contributed by atoms with E-state index in [1.54, 1.807) is 12.3 Å². The van der Waals surface area contributed by atoms with Gasteiger partial charge in [-0.05, 0) is 37.1 Å². The highest BCUT2D eigenvalue weighted by molar-refractivity contribution is 5.96. The van der Waals surface area contributed by atoms with Crippen molar-refractivity contribution < 1.29 is 14.0 Å². The molecule has 0 aliphatic carbocycles. The predicted molar refractivity (Wildman–Crippen MR) is 107 cm³/mol. The number of fused-ring (bicyclic) bond motifs is 2. The van der Waals surface area contributed by atoms with E-state index in [4.69, 9.17) is 4.42 Å².